The van der Waals surface area contributed by atoms with Crippen LogP contribution in [0.1, 0.15) is 32.6 Å². The van der Waals surface area contributed by atoms with E-state index < -0.39 is 0 Å². The van der Waals surface area contributed by atoms with Gasteiger partial charge in [-0.2, -0.15) is 0 Å². The minimum absolute atomic E-state index is 0.524. The number of hydrogen-bond acceptors (Lipinski definition) is 7. The lowest BCUT2D eigenvalue weighted by atomic mass is 9.98. The normalized spacial score (nSPS) is 15.3. The zero-order chi connectivity index (χ0) is 20.9. The van der Waals surface area contributed by atoms with Crippen molar-refractivity contribution in [3.05, 3.63) is 53.0 Å². The number of hydrogen-bond donors (Lipinski definition) is 2. The van der Waals surface area contributed by atoms with E-state index in [4.69, 9.17) is 10.5 Å². The van der Waals surface area contributed by atoms with Crippen molar-refractivity contribution in [2.45, 2.75) is 37.6 Å². The molecule has 2 rings (SSSR count). The first-order valence-corrected chi connectivity index (χ1v) is 10.8. The molecular formula is C22H31N5OS. The molecule has 6 nitrogen and oxygen atoms in total. The molecule has 0 spiro atoms. The van der Waals surface area contributed by atoms with Gasteiger partial charge in [0.1, 0.15) is 11.6 Å². The fourth-order valence-electron chi connectivity index (χ4n) is 2.82. The summed E-state index contributed by atoms with van der Waals surface area (Å²) in [5.74, 6) is 0.587. The number of thioether (sulfide) groups is 1. The first-order valence-electron chi connectivity index (χ1n) is 9.84. The molecule has 0 atom stereocenters. The van der Waals surface area contributed by atoms with Crippen LogP contribution in [0.4, 0.5) is 5.69 Å². The number of aliphatic imine (C=N–C) groups is 2. The minimum Gasteiger partial charge on any atom is -0.478 e. The van der Waals surface area contributed by atoms with Gasteiger partial charge in [0.2, 0.25) is 0 Å². The van der Waals surface area contributed by atoms with Crippen molar-refractivity contribution in [3.8, 4) is 0 Å². The second-order valence-electron chi connectivity index (χ2n) is 6.53. The summed E-state index contributed by atoms with van der Waals surface area (Å²) in [4.78, 5) is 12.9. The highest BCUT2D eigenvalue weighted by molar-refractivity contribution is 7.99. The molecule has 0 aromatic carbocycles. The van der Waals surface area contributed by atoms with Crippen molar-refractivity contribution in [3.63, 3.8) is 0 Å². The Labute approximate surface area is 178 Å². The molecule has 1 heterocycles. The Morgan fingerprint density at radius 2 is 2.31 bits per heavy atom. The van der Waals surface area contributed by atoms with Crippen LogP contribution in [0.2, 0.25) is 0 Å². The molecule has 1 aliphatic rings. The molecule has 0 unspecified atom stereocenters. The third-order valence-electron chi connectivity index (χ3n) is 4.49. The van der Waals surface area contributed by atoms with Gasteiger partial charge in [-0.25, -0.2) is 9.98 Å². The van der Waals surface area contributed by atoms with Gasteiger partial charge < -0.3 is 20.8 Å². The van der Waals surface area contributed by atoms with Crippen LogP contribution in [0.5, 0.6) is 0 Å². The van der Waals surface area contributed by atoms with Gasteiger partial charge in [0, 0.05) is 44.4 Å². The first-order chi connectivity index (χ1) is 14.2. The van der Waals surface area contributed by atoms with Crippen LogP contribution in [0.25, 0.3) is 0 Å². The predicted molar refractivity (Wildman–Crippen MR) is 125 cm³/mol. The number of pyridine rings is 1. The number of allylic oxidation sites excluding steroid dienone is 3. The lowest BCUT2D eigenvalue weighted by molar-refractivity contribution is 0.358. The Hall–Kier alpha value is -2.54. The minimum atomic E-state index is 0.524. The van der Waals surface area contributed by atoms with Gasteiger partial charge in [-0.3, -0.25) is 0 Å². The smallest absolute Gasteiger partial charge is 0.174 e. The van der Waals surface area contributed by atoms with Gasteiger partial charge in [-0.05, 0) is 37.0 Å². The number of nitrogens with one attached hydrogen (secondary N) is 1. The molecular weight excluding hydrogens is 382 g/mol. The van der Waals surface area contributed by atoms with Crippen LogP contribution < -0.4 is 11.1 Å². The lowest BCUT2D eigenvalue weighted by Gasteiger charge is -2.12. The van der Waals surface area contributed by atoms with Gasteiger partial charge in [-0.15, -0.1) is 0 Å². The molecule has 3 N–H and O–H groups in total. The topological polar surface area (TPSA) is 84.9 Å². The second kappa shape index (κ2) is 12.8. The van der Waals surface area contributed by atoms with Crippen LogP contribution in [0.3, 0.4) is 0 Å². The van der Waals surface area contributed by atoms with Crippen molar-refractivity contribution in [2.24, 2.45) is 15.7 Å². The number of nitrogens with zero attached hydrogens (tertiary/aromatic N) is 3. The molecule has 29 heavy (non-hydrogen) atoms. The van der Waals surface area contributed by atoms with Crippen LogP contribution in [0.15, 0.2) is 68.0 Å². The van der Waals surface area contributed by atoms with E-state index in [1.54, 1.807) is 31.2 Å². The highest BCUT2D eigenvalue weighted by Gasteiger charge is 2.07. The van der Waals surface area contributed by atoms with Crippen LogP contribution in [-0.4, -0.2) is 44.1 Å². The van der Waals surface area contributed by atoms with Gasteiger partial charge >= 0.3 is 0 Å². The Bertz CT molecular complexity index is 811. The summed E-state index contributed by atoms with van der Waals surface area (Å²) in [7, 11) is 3.62. The van der Waals surface area contributed by atoms with Crippen LogP contribution in [-0.2, 0) is 4.74 Å². The average Bonchev–Trinajstić information content (AvgIpc) is 2.77. The summed E-state index contributed by atoms with van der Waals surface area (Å²) in [6.07, 6.45) is 13.4. The Balaban J connectivity index is 1.98. The predicted octanol–water partition coefficient (Wildman–Crippen LogP) is 4.58. The van der Waals surface area contributed by atoms with Crippen LogP contribution in [0, 0.1) is 0 Å². The van der Waals surface area contributed by atoms with Crippen molar-refractivity contribution in [1.82, 2.24) is 4.98 Å². The van der Waals surface area contributed by atoms with E-state index in [-0.39, 0.29) is 0 Å². The van der Waals surface area contributed by atoms with E-state index in [2.05, 4.69) is 39.4 Å². The fraction of sp³-hybridized carbons (Fsp3) is 0.409. The molecule has 0 saturated carbocycles. The summed E-state index contributed by atoms with van der Waals surface area (Å²) < 4.78 is 5.66. The number of aromatic nitrogens is 1. The van der Waals surface area contributed by atoms with E-state index in [9.17, 15) is 0 Å². The van der Waals surface area contributed by atoms with E-state index >= 15 is 0 Å². The summed E-state index contributed by atoms with van der Waals surface area (Å²) >= 11 is 1.57. The monoisotopic (exact) mass is 413 g/mol. The Morgan fingerprint density at radius 1 is 1.45 bits per heavy atom. The maximum Gasteiger partial charge on any atom is 0.174 e. The summed E-state index contributed by atoms with van der Waals surface area (Å²) in [6, 6.07) is 3.89. The van der Waals surface area contributed by atoms with E-state index in [1.165, 1.54) is 17.5 Å². The molecule has 156 valence electrons. The van der Waals surface area contributed by atoms with Gasteiger partial charge in [0.05, 0.1) is 11.4 Å². The maximum atomic E-state index is 6.32. The molecule has 7 heteroatoms. The molecule has 1 aromatic heterocycles. The number of ether oxygens (including phenoxy) is 1. The highest BCUT2D eigenvalue weighted by atomic mass is 32.2. The second-order valence-corrected chi connectivity index (χ2v) is 7.50. The SMILES string of the molecule is CCC1=CC(COC=N/C(CC=NC)=C(\N)CSc2ncccc2NC)=CCC1. The standard InChI is InChI=1S/C22H31N5OS/c1-4-17-7-5-8-18(13-17)14-28-16-27-20(10-12-24-2)19(23)15-29-22-21(25-3)9-6-11-26-22/h6,8-9,11-13,16,25H,4-5,7,10,14-15,23H2,1-3H3/b20-19-,24-12?,27-16?. The fourth-order valence-corrected chi connectivity index (χ4v) is 3.74. The number of anilines is 1. The van der Waals surface area contributed by atoms with Crippen molar-refractivity contribution < 1.29 is 4.74 Å². The third kappa shape index (κ3) is 7.77. The van der Waals surface area contributed by atoms with Crippen molar-refractivity contribution in [2.75, 3.05) is 31.8 Å². The average molecular weight is 414 g/mol. The summed E-state index contributed by atoms with van der Waals surface area (Å²) in [5, 5.41) is 4.05. The number of nitrogens with two attached hydrogens (primary N) is 1. The molecule has 0 fully saturated rings. The van der Waals surface area contributed by atoms with Crippen LogP contribution >= 0.6 is 11.8 Å². The van der Waals surface area contributed by atoms with Gasteiger partial charge in [-0.1, -0.05) is 36.4 Å². The molecule has 0 radical (unpaired) electrons. The molecule has 0 bridgehead atoms. The molecule has 0 saturated heterocycles. The van der Waals surface area contributed by atoms with Gasteiger partial charge in [0.15, 0.2) is 6.40 Å². The Morgan fingerprint density at radius 3 is 3.07 bits per heavy atom. The third-order valence-corrected chi connectivity index (χ3v) is 5.55. The van der Waals surface area contributed by atoms with E-state index in [0.717, 1.165) is 35.7 Å². The first kappa shape index (κ1) is 22.7. The molecule has 0 amide bonds. The highest BCUT2D eigenvalue weighted by Crippen LogP contribution is 2.26. The zero-order valence-electron chi connectivity index (χ0n) is 17.5. The molecule has 1 aliphatic carbocycles. The maximum absolute atomic E-state index is 6.32. The Kier molecular flexibility index (Phi) is 10.1. The lowest BCUT2D eigenvalue weighted by Crippen LogP contribution is -2.07. The largest absolute Gasteiger partial charge is 0.478 e. The number of rotatable bonds is 11. The molecule has 0 aliphatic heterocycles. The van der Waals surface area contributed by atoms with Crippen molar-refractivity contribution >= 4 is 30.1 Å². The zero-order valence-corrected chi connectivity index (χ0v) is 18.3. The van der Waals surface area contributed by atoms with E-state index in [1.807, 2.05) is 19.2 Å². The van der Waals surface area contributed by atoms with Gasteiger partial charge in [0.25, 0.3) is 0 Å². The quantitative estimate of drug-likeness (QED) is 0.315. The van der Waals surface area contributed by atoms with E-state index in [0.29, 0.717) is 24.5 Å². The summed E-state index contributed by atoms with van der Waals surface area (Å²) in [6.45, 7) is 2.71. The van der Waals surface area contributed by atoms with Crippen molar-refractivity contribution in [1.29, 1.82) is 0 Å². The summed E-state index contributed by atoms with van der Waals surface area (Å²) in [5.41, 5.74) is 11.4. The molecule has 1 aromatic rings.